The SMILES string of the molecule is CC(C)S(=O)(=O)CCOc1ccc(CC#N)cc1. The molecule has 18 heavy (non-hydrogen) atoms. The van der Waals surface area contributed by atoms with E-state index in [1.54, 1.807) is 38.1 Å². The zero-order valence-corrected chi connectivity index (χ0v) is 11.4. The molecule has 0 radical (unpaired) electrons. The molecule has 0 N–H and O–H groups in total. The molecule has 1 rings (SSSR count). The number of hydrogen-bond donors (Lipinski definition) is 0. The van der Waals surface area contributed by atoms with Crippen LogP contribution in [-0.2, 0) is 16.3 Å². The molecule has 0 bridgehead atoms. The summed E-state index contributed by atoms with van der Waals surface area (Å²) in [6, 6.07) is 9.15. The van der Waals surface area contributed by atoms with Gasteiger partial charge in [0.15, 0.2) is 9.84 Å². The Morgan fingerprint density at radius 3 is 2.39 bits per heavy atom. The van der Waals surface area contributed by atoms with E-state index in [9.17, 15) is 8.42 Å². The van der Waals surface area contributed by atoms with Gasteiger partial charge in [-0.25, -0.2) is 8.42 Å². The highest BCUT2D eigenvalue weighted by Crippen LogP contribution is 2.12. The molecule has 0 saturated heterocycles. The van der Waals surface area contributed by atoms with Crippen molar-refractivity contribution in [3.05, 3.63) is 29.8 Å². The van der Waals surface area contributed by atoms with Crippen molar-refractivity contribution in [1.82, 2.24) is 0 Å². The predicted octanol–water partition coefficient (Wildman–Crippen LogP) is 1.95. The van der Waals surface area contributed by atoms with Crippen LogP contribution in [0.3, 0.4) is 0 Å². The number of sulfone groups is 1. The Labute approximate surface area is 108 Å². The van der Waals surface area contributed by atoms with Crippen LogP contribution in [0, 0.1) is 11.3 Å². The van der Waals surface area contributed by atoms with Crippen molar-refractivity contribution < 1.29 is 13.2 Å². The van der Waals surface area contributed by atoms with Gasteiger partial charge >= 0.3 is 0 Å². The Hall–Kier alpha value is -1.54. The fourth-order valence-corrected chi connectivity index (χ4v) is 2.09. The van der Waals surface area contributed by atoms with Crippen LogP contribution in [0.1, 0.15) is 19.4 Å². The third kappa shape index (κ3) is 4.38. The monoisotopic (exact) mass is 267 g/mol. The lowest BCUT2D eigenvalue weighted by molar-refractivity contribution is 0.340. The predicted molar refractivity (Wildman–Crippen MR) is 70.2 cm³/mol. The Balaban J connectivity index is 2.48. The average Bonchev–Trinajstić information content (AvgIpc) is 2.31. The van der Waals surface area contributed by atoms with Crippen LogP contribution < -0.4 is 4.74 Å². The van der Waals surface area contributed by atoms with E-state index in [2.05, 4.69) is 6.07 Å². The Morgan fingerprint density at radius 2 is 1.89 bits per heavy atom. The molecular formula is C13H17NO3S. The van der Waals surface area contributed by atoms with Crippen LogP contribution in [-0.4, -0.2) is 26.0 Å². The smallest absolute Gasteiger partial charge is 0.155 e. The number of rotatable bonds is 6. The summed E-state index contributed by atoms with van der Waals surface area (Å²) in [6.45, 7) is 3.47. The summed E-state index contributed by atoms with van der Waals surface area (Å²) in [5, 5.41) is 8.15. The van der Waals surface area contributed by atoms with E-state index >= 15 is 0 Å². The standard InChI is InChI=1S/C13H17NO3S/c1-11(2)18(15,16)10-9-17-13-5-3-12(4-6-13)7-8-14/h3-6,11H,7,9-10H2,1-2H3. The maximum absolute atomic E-state index is 11.5. The molecule has 0 heterocycles. The highest BCUT2D eigenvalue weighted by atomic mass is 32.2. The molecule has 0 aliphatic carbocycles. The molecule has 0 aliphatic heterocycles. The molecule has 0 amide bonds. The van der Waals surface area contributed by atoms with Crippen molar-refractivity contribution in [2.45, 2.75) is 25.5 Å². The van der Waals surface area contributed by atoms with Crippen molar-refractivity contribution >= 4 is 9.84 Å². The molecule has 1 aromatic rings. The second-order valence-corrected chi connectivity index (χ2v) is 6.92. The number of nitriles is 1. The molecule has 0 spiro atoms. The van der Waals surface area contributed by atoms with Gasteiger partial charge in [0, 0.05) is 0 Å². The van der Waals surface area contributed by atoms with E-state index in [1.165, 1.54) is 0 Å². The van der Waals surface area contributed by atoms with Crippen LogP contribution >= 0.6 is 0 Å². The topological polar surface area (TPSA) is 67.2 Å². The van der Waals surface area contributed by atoms with E-state index in [-0.39, 0.29) is 17.6 Å². The van der Waals surface area contributed by atoms with Gasteiger partial charge in [-0.3, -0.25) is 0 Å². The Morgan fingerprint density at radius 1 is 1.28 bits per heavy atom. The zero-order valence-electron chi connectivity index (χ0n) is 10.6. The van der Waals surface area contributed by atoms with Crippen molar-refractivity contribution in [3.63, 3.8) is 0 Å². The van der Waals surface area contributed by atoms with Gasteiger partial charge in [-0.2, -0.15) is 5.26 Å². The highest BCUT2D eigenvalue weighted by Gasteiger charge is 2.15. The fraction of sp³-hybridized carbons (Fsp3) is 0.462. The van der Waals surface area contributed by atoms with Gasteiger partial charge in [0.05, 0.1) is 23.5 Å². The minimum absolute atomic E-state index is 0.0185. The van der Waals surface area contributed by atoms with E-state index < -0.39 is 9.84 Å². The first-order valence-corrected chi connectivity index (χ1v) is 7.47. The van der Waals surface area contributed by atoms with Crippen LogP contribution in [0.4, 0.5) is 0 Å². The normalized spacial score (nSPS) is 11.2. The third-order valence-electron chi connectivity index (χ3n) is 2.56. The first-order chi connectivity index (χ1) is 8.45. The molecular weight excluding hydrogens is 250 g/mol. The molecule has 0 atom stereocenters. The molecule has 1 aromatic carbocycles. The summed E-state index contributed by atoms with van der Waals surface area (Å²) < 4.78 is 28.5. The molecule has 0 unspecified atom stereocenters. The zero-order chi connectivity index (χ0) is 13.6. The van der Waals surface area contributed by atoms with Crippen molar-refractivity contribution in [2.24, 2.45) is 0 Å². The maximum atomic E-state index is 11.5. The number of nitrogens with zero attached hydrogens (tertiary/aromatic N) is 1. The molecule has 5 heteroatoms. The van der Waals surface area contributed by atoms with Crippen molar-refractivity contribution in [1.29, 1.82) is 5.26 Å². The van der Waals surface area contributed by atoms with Crippen LogP contribution in [0.5, 0.6) is 5.75 Å². The number of hydrogen-bond acceptors (Lipinski definition) is 4. The van der Waals surface area contributed by atoms with E-state index in [1.807, 2.05) is 0 Å². The minimum Gasteiger partial charge on any atom is -0.493 e. The lowest BCUT2D eigenvalue weighted by Crippen LogP contribution is -2.21. The lowest BCUT2D eigenvalue weighted by atomic mass is 10.2. The number of ether oxygens (including phenoxy) is 1. The first-order valence-electron chi connectivity index (χ1n) is 5.76. The first kappa shape index (κ1) is 14.5. The van der Waals surface area contributed by atoms with Crippen molar-refractivity contribution in [3.8, 4) is 11.8 Å². The summed E-state index contributed by atoms with van der Waals surface area (Å²) in [5.41, 5.74) is 0.916. The second kappa shape index (κ2) is 6.41. The van der Waals surface area contributed by atoms with E-state index in [4.69, 9.17) is 10.00 Å². The summed E-state index contributed by atoms with van der Waals surface area (Å²) in [6.07, 6.45) is 0.363. The van der Waals surface area contributed by atoms with Crippen LogP contribution in [0.2, 0.25) is 0 Å². The average molecular weight is 267 g/mol. The maximum Gasteiger partial charge on any atom is 0.155 e. The van der Waals surface area contributed by atoms with Gasteiger partial charge in [-0.1, -0.05) is 12.1 Å². The lowest BCUT2D eigenvalue weighted by Gasteiger charge is -2.09. The second-order valence-electron chi connectivity index (χ2n) is 4.24. The Bertz CT molecular complexity index is 512. The molecule has 0 saturated carbocycles. The Kier molecular flexibility index (Phi) is 5.17. The van der Waals surface area contributed by atoms with E-state index in [0.717, 1.165) is 5.56 Å². The summed E-state index contributed by atoms with van der Waals surface area (Å²) in [7, 11) is -3.05. The fourth-order valence-electron chi connectivity index (χ4n) is 1.31. The van der Waals surface area contributed by atoms with Gasteiger partial charge < -0.3 is 4.74 Å². The van der Waals surface area contributed by atoms with Gasteiger partial charge in [-0.15, -0.1) is 0 Å². The number of benzene rings is 1. The van der Waals surface area contributed by atoms with Gasteiger partial charge in [0.2, 0.25) is 0 Å². The molecule has 0 aliphatic rings. The summed E-state index contributed by atoms with van der Waals surface area (Å²) in [5.74, 6) is 0.639. The van der Waals surface area contributed by atoms with Gasteiger partial charge in [0.25, 0.3) is 0 Å². The van der Waals surface area contributed by atoms with Gasteiger partial charge in [-0.05, 0) is 31.5 Å². The molecule has 0 fully saturated rings. The molecule has 98 valence electrons. The summed E-state index contributed by atoms with van der Waals surface area (Å²) >= 11 is 0. The molecule has 0 aromatic heterocycles. The van der Waals surface area contributed by atoms with Crippen LogP contribution in [0.15, 0.2) is 24.3 Å². The quantitative estimate of drug-likeness (QED) is 0.790. The highest BCUT2D eigenvalue weighted by molar-refractivity contribution is 7.91. The summed E-state index contributed by atoms with van der Waals surface area (Å²) in [4.78, 5) is 0. The van der Waals surface area contributed by atoms with Crippen LogP contribution in [0.25, 0.3) is 0 Å². The van der Waals surface area contributed by atoms with Crippen molar-refractivity contribution in [2.75, 3.05) is 12.4 Å². The molecule has 4 nitrogen and oxygen atoms in total. The van der Waals surface area contributed by atoms with Gasteiger partial charge in [0.1, 0.15) is 12.4 Å². The minimum atomic E-state index is -3.05. The van der Waals surface area contributed by atoms with E-state index in [0.29, 0.717) is 12.2 Å². The largest absolute Gasteiger partial charge is 0.493 e. The third-order valence-corrected chi connectivity index (χ3v) is 4.73.